The van der Waals surface area contributed by atoms with E-state index in [4.69, 9.17) is 0 Å². The van der Waals surface area contributed by atoms with Gasteiger partial charge in [0, 0.05) is 23.8 Å². The molecule has 1 aromatic heterocycles. The van der Waals surface area contributed by atoms with Crippen LogP contribution in [0.1, 0.15) is 13.3 Å². The van der Waals surface area contributed by atoms with Gasteiger partial charge in [0.15, 0.2) is 0 Å². The lowest BCUT2D eigenvalue weighted by atomic mass is 9.97. The summed E-state index contributed by atoms with van der Waals surface area (Å²) in [4.78, 5) is 6.58. The highest BCUT2D eigenvalue weighted by Gasteiger charge is 2.24. The largest absolute Gasteiger partial charge is 0.393 e. The maximum absolute atomic E-state index is 9.63. The first kappa shape index (κ1) is 10.9. The molecule has 1 aromatic rings. The number of piperidine rings is 1. The molecule has 2 atom stereocenters. The molecule has 0 bridgehead atoms. The Morgan fingerprint density at radius 1 is 1.53 bits per heavy atom. The summed E-state index contributed by atoms with van der Waals surface area (Å²) >= 11 is 3.37. The summed E-state index contributed by atoms with van der Waals surface area (Å²) in [6.07, 6.45) is 2.49. The number of halogens is 1. The Morgan fingerprint density at radius 2 is 2.33 bits per heavy atom. The van der Waals surface area contributed by atoms with Gasteiger partial charge in [0.05, 0.1) is 6.10 Å². The van der Waals surface area contributed by atoms with Crippen LogP contribution in [0.15, 0.2) is 22.8 Å². The summed E-state index contributed by atoms with van der Waals surface area (Å²) in [5, 5.41) is 9.63. The maximum Gasteiger partial charge on any atom is 0.128 e. The zero-order valence-corrected chi connectivity index (χ0v) is 10.3. The SMILES string of the molecule is CC1CN(c2ccc(Br)cn2)CCC1O. The summed E-state index contributed by atoms with van der Waals surface area (Å²) < 4.78 is 0.997. The van der Waals surface area contributed by atoms with E-state index in [1.807, 2.05) is 18.3 Å². The number of aromatic nitrogens is 1. The first-order chi connectivity index (χ1) is 7.16. The van der Waals surface area contributed by atoms with Gasteiger partial charge in [-0.25, -0.2) is 4.98 Å². The minimum atomic E-state index is -0.156. The van der Waals surface area contributed by atoms with E-state index in [9.17, 15) is 5.11 Å². The van der Waals surface area contributed by atoms with Crippen LogP contribution in [-0.4, -0.2) is 29.3 Å². The normalized spacial score (nSPS) is 26.7. The molecule has 1 aliphatic rings. The van der Waals surface area contributed by atoms with Gasteiger partial charge in [-0.3, -0.25) is 0 Å². The minimum absolute atomic E-state index is 0.156. The molecule has 2 unspecified atom stereocenters. The lowest BCUT2D eigenvalue weighted by Gasteiger charge is -2.35. The van der Waals surface area contributed by atoms with Crippen molar-refractivity contribution >= 4 is 21.7 Å². The number of aliphatic hydroxyl groups is 1. The van der Waals surface area contributed by atoms with Crippen LogP contribution in [0.2, 0.25) is 0 Å². The maximum atomic E-state index is 9.63. The van der Waals surface area contributed by atoms with Gasteiger partial charge in [0.2, 0.25) is 0 Å². The van der Waals surface area contributed by atoms with Gasteiger partial charge in [-0.2, -0.15) is 0 Å². The van der Waals surface area contributed by atoms with Crippen molar-refractivity contribution in [1.29, 1.82) is 0 Å². The van der Waals surface area contributed by atoms with Gasteiger partial charge in [-0.1, -0.05) is 6.92 Å². The van der Waals surface area contributed by atoms with Crippen LogP contribution in [0.5, 0.6) is 0 Å². The topological polar surface area (TPSA) is 36.4 Å². The van der Waals surface area contributed by atoms with Gasteiger partial charge < -0.3 is 10.0 Å². The molecule has 0 saturated carbocycles. The first-order valence-electron chi connectivity index (χ1n) is 5.21. The number of aliphatic hydroxyl groups excluding tert-OH is 1. The third-order valence-electron chi connectivity index (χ3n) is 2.90. The van der Waals surface area contributed by atoms with Crippen molar-refractivity contribution < 1.29 is 5.11 Å². The second kappa shape index (κ2) is 4.49. The van der Waals surface area contributed by atoms with Crippen molar-refractivity contribution in [3.8, 4) is 0 Å². The molecule has 82 valence electrons. The number of hydrogen-bond donors (Lipinski definition) is 1. The van der Waals surface area contributed by atoms with E-state index >= 15 is 0 Å². The number of pyridine rings is 1. The zero-order chi connectivity index (χ0) is 10.8. The smallest absolute Gasteiger partial charge is 0.128 e. The Balaban J connectivity index is 2.08. The molecular weight excluding hydrogens is 256 g/mol. The van der Waals surface area contributed by atoms with Crippen LogP contribution in [0.4, 0.5) is 5.82 Å². The molecule has 0 aliphatic carbocycles. The predicted octanol–water partition coefficient (Wildman–Crippen LogP) is 2.05. The van der Waals surface area contributed by atoms with Crippen LogP contribution in [0.25, 0.3) is 0 Å². The number of nitrogens with zero attached hydrogens (tertiary/aromatic N) is 2. The third-order valence-corrected chi connectivity index (χ3v) is 3.36. The fourth-order valence-electron chi connectivity index (χ4n) is 1.90. The zero-order valence-electron chi connectivity index (χ0n) is 8.73. The van der Waals surface area contributed by atoms with E-state index in [0.29, 0.717) is 5.92 Å². The quantitative estimate of drug-likeness (QED) is 0.849. The van der Waals surface area contributed by atoms with Gasteiger partial charge in [0.1, 0.15) is 5.82 Å². The minimum Gasteiger partial charge on any atom is -0.393 e. The van der Waals surface area contributed by atoms with E-state index < -0.39 is 0 Å². The lowest BCUT2D eigenvalue weighted by molar-refractivity contribution is 0.0969. The fourth-order valence-corrected chi connectivity index (χ4v) is 2.13. The highest BCUT2D eigenvalue weighted by molar-refractivity contribution is 9.10. The van der Waals surface area contributed by atoms with Gasteiger partial charge >= 0.3 is 0 Å². The van der Waals surface area contributed by atoms with Gasteiger partial charge in [0.25, 0.3) is 0 Å². The van der Waals surface area contributed by atoms with Crippen LogP contribution in [-0.2, 0) is 0 Å². The molecule has 0 spiro atoms. The molecule has 1 fully saturated rings. The summed E-state index contributed by atoms with van der Waals surface area (Å²) in [5.41, 5.74) is 0. The second-order valence-electron chi connectivity index (χ2n) is 4.11. The number of hydrogen-bond acceptors (Lipinski definition) is 3. The molecule has 2 heterocycles. The number of rotatable bonds is 1. The van der Waals surface area contributed by atoms with Gasteiger partial charge in [-0.15, -0.1) is 0 Å². The molecule has 15 heavy (non-hydrogen) atoms. The van der Waals surface area contributed by atoms with Crippen LogP contribution in [0.3, 0.4) is 0 Å². The van der Waals surface area contributed by atoms with Crippen molar-refractivity contribution in [2.45, 2.75) is 19.4 Å². The van der Waals surface area contributed by atoms with Crippen LogP contribution in [0, 0.1) is 5.92 Å². The Labute approximate surface area is 98.3 Å². The van der Waals surface area contributed by atoms with Crippen molar-refractivity contribution in [3.63, 3.8) is 0 Å². The molecule has 2 rings (SSSR count). The van der Waals surface area contributed by atoms with Crippen molar-refractivity contribution in [2.75, 3.05) is 18.0 Å². The molecule has 0 aromatic carbocycles. The third kappa shape index (κ3) is 2.49. The molecule has 0 amide bonds. The van der Waals surface area contributed by atoms with Crippen molar-refractivity contribution in [3.05, 3.63) is 22.8 Å². The summed E-state index contributed by atoms with van der Waals surface area (Å²) in [6.45, 7) is 3.85. The lowest BCUT2D eigenvalue weighted by Crippen LogP contribution is -2.42. The van der Waals surface area contributed by atoms with Crippen molar-refractivity contribution in [1.82, 2.24) is 4.98 Å². The average Bonchev–Trinajstić information content (AvgIpc) is 2.23. The van der Waals surface area contributed by atoms with E-state index in [2.05, 4.69) is 32.7 Å². The molecule has 1 N–H and O–H groups in total. The highest BCUT2D eigenvalue weighted by atomic mass is 79.9. The molecular formula is C11H15BrN2O. The number of anilines is 1. The van der Waals surface area contributed by atoms with E-state index in [1.165, 1.54) is 0 Å². The summed E-state index contributed by atoms with van der Waals surface area (Å²) in [6, 6.07) is 4.01. The highest BCUT2D eigenvalue weighted by Crippen LogP contribution is 2.22. The van der Waals surface area contributed by atoms with Crippen LogP contribution >= 0.6 is 15.9 Å². The monoisotopic (exact) mass is 270 g/mol. The summed E-state index contributed by atoms with van der Waals surface area (Å²) in [5.74, 6) is 1.32. The fraction of sp³-hybridized carbons (Fsp3) is 0.545. The molecule has 1 saturated heterocycles. The Hall–Kier alpha value is -0.610. The standard InChI is InChI=1S/C11H15BrN2O/c1-8-7-14(5-4-10(8)15)11-3-2-9(12)6-13-11/h2-3,6,8,10,15H,4-5,7H2,1H3. The second-order valence-corrected chi connectivity index (χ2v) is 5.03. The molecule has 0 radical (unpaired) electrons. The Bertz CT molecular complexity index is 328. The van der Waals surface area contributed by atoms with E-state index in [1.54, 1.807) is 0 Å². The average molecular weight is 271 g/mol. The molecule has 3 nitrogen and oxygen atoms in total. The molecule has 4 heteroatoms. The van der Waals surface area contributed by atoms with Crippen LogP contribution < -0.4 is 4.90 Å². The van der Waals surface area contributed by atoms with Gasteiger partial charge in [-0.05, 0) is 40.4 Å². The Kier molecular flexibility index (Phi) is 3.26. The Morgan fingerprint density at radius 3 is 2.93 bits per heavy atom. The molecule has 1 aliphatic heterocycles. The van der Waals surface area contributed by atoms with E-state index in [0.717, 1.165) is 29.8 Å². The first-order valence-corrected chi connectivity index (χ1v) is 6.00. The predicted molar refractivity (Wildman–Crippen MR) is 63.9 cm³/mol. The van der Waals surface area contributed by atoms with Crippen molar-refractivity contribution in [2.24, 2.45) is 5.92 Å². The van der Waals surface area contributed by atoms with E-state index in [-0.39, 0.29) is 6.10 Å². The summed E-state index contributed by atoms with van der Waals surface area (Å²) in [7, 11) is 0.